The van der Waals surface area contributed by atoms with E-state index >= 15 is 0 Å². The van der Waals surface area contributed by atoms with Crippen molar-refractivity contribution in [2.24, 2.45) is 5.10 Å². The molecule has 0 unspecified atom stereocenters. The maximum Gasteiger partial charge on any atom is 0.204 e. The Balaban J connectivity index is 1.68. The molecule has 1 aromatic heterocycles. The van der Waals surface area contributed by atoms with Crippen LogP contribution in [0.15, 0.2) is 53.6 Å². The second-order valence-corrected chi connectivity index (χ2v) is 6.21. The van der Waals surface area contributed by atoms with E-state index in [1.54, 1.807) is 11.3 Å². The minimum atomic E-state index is 0.553. The van der Waals surface area contributed by atoms with Crippen molar-refractivity contribution in [2.45, 2.75) is 19.8 Å². The molecule has 0 spiro atoms. The minimum absolute atomic E-state index is 0.553. The summed E-state index contributed by atoms with van der Waals surface area (Å²) in [5, 5.41) is 5.07. The highest BCUT2D eigenvalue weighted by atomic mass is 32.1. The highest BCUT2D eigenvalue weighted by Gasteiger charge is 2.01. The second kappa shape index (κ2) is 6.06. The predicted molar refractivity (Wildman–Crippen MR) is 91.4 cm³/mol. The van der Waals surface area contributed by atoms with Gasteiger partial charge in [0, 0.05) is 0 Å². The number of hydrogen-bond acceptors (Lipinski definition) is 4. The Hall–Kier alpha value is -2.20. The van der Waals surface area contributed by atoms with Crippen LogP contribution < -0.4 is 5.43 Å². The van der Waals surface area contributed by atoms with E-state index in [1.165, 1.54) is 5.56 Å². The third-order valence-corrected chi connectivity index (χ3v) is 4.21. The average Bonchev–Trinajstić information content (AvgIpc) is 2.90. The molecule has 2 aromatic carbocycles. The SMILES string of the molecule is CC(C)c1ccc(/C=N\Nc2nc3ccccc3s2)cc1. The smallest absolute Gasteiger partial charge is 0.204 e. The molecule has 0 saturated carbocycles. The summed E-state index contributed by atoms with van der Waals surface area (Å²) in [5.41, 5.74) is 6.41. The molecule has 0 amide bonds. The van der Waals surface area contributed by atoms with Gasteiger partial charge in [-0.2, -0.15) is 5.10 Å². The highest BCUT2D eigenvalue weighted by Crippen LogP contribution is 2.25. The Kier molecular flexibility index (Phi) is 3.97. The van der Waals surface area contributed by atoms with Crippen molar-refractivity contribution in [3.05, 3.63) is 59.7 Å². The maximum absolute atomic E-state index is 4.47. The molecular weight excluding hydrogens is 278 g/mol. The van der Waals surface area contributed by atoms with E-state index in [9.17, 15) is 0 Å². The summed E-state index contributed by atoms with van der Waals surface area (Å²) in [6.07, 6.45) is 1.82. The summed E-state index contributed by atoms with van der Waals surface area (Å²) in [7, 11) is 0. The van der Waals surface area contributed by atoms with Crippen LogP contribution in [0.1, 0.15) is 30.9 Å². The Morgan fingerprint density at radius 2 is 1.86 bits per heavy atom. The van der Waals surface area contributed by atoms with Crippen LogP contribution in [0.5, 0.6) is 0 Å². The molecule has 0 bridgehead atoms. The van der Waals surface area contributed by atoms with Crippen molar-refractivity contribution in [3.63, 3.8) is 0 Å². The van der Waals surface area contributed by atoms with Crippen molar-refractivity contribution in [3.8, 4) is 0 Å². The van der Waals surface area contributed by atoms with E-state index in [2.05, 4.69) is 59.7 Å². The van der Waals surface area contributed by atoms with Crippen LogP contribution in [0, 0.1) is 0 Å². The van der Waals surface area contributed by atoms with Gasteiger partial charge in [0.15, 0.2) is 0 Å². The quantitative estimate of drug-likeness (QED) is 0.551. The molecular formula is C17H17N3S. The molecule has 3 nitrogen and oxygen atoms in total. The number of nitrogens with zero attached hydrogens (tertiary/aromatic N) is 2. The molecule has 21 heavy (non-hydrogen) atoms. The number of rotatable bonds is 4. The summed E-state index contributed by atoms with van der Waals surface area (Å²) < 4.78 is 1.16. The average molecular weight is 295 g/mol. The lowest BCUT2D eigenvalue weighted by Crippen LogP contribution is -1.91. The van der Waals surface area contributed by atoms with E-state index in [4.69, 9.17) is 0 Å². The first-order valence-corrected chi connectivity index (χ1v) is 7.78. The summed E-state index contributed by atoms with van der Waals surface area (Å²) in [6, 6.07) is 16.5. The molecule has 0 fully saturated rings. The third-order valence-electron chi connectivity index (χ3n) is 3.27. The van der Waals surface area contributed by atoms with Crippen molar-refractivity contribution >= 4 is 32.9 Å². The van der Waals surface area contributed by atoms with E-state index in [-0.39, 0.29) is 0 Å². The van der Waals surface area contributed by atoms with Crippen molar-refractivity contribution in [1.82, 2.24) is 4.98 Å². The van der Waals surface area contributed by atoms with Crippen LogP contribution in [-0.4, -0.2) is 11.2 Å². The molecule has 0 atom stereocenters. The topological polar surface area (TPSA) is 37.3 Å². The monoisotopic (exact) mass is 295 g/mol. The number of benzene rings is 2. The molecule has 0 saturated heterocycles. The minimum Gasteiger partial charge on any atom is -0.253 e. The number of anilines is 1. The lowest BCUT2D eigenvalue weighted by Gasteiger charge is -2.04. The normalized spacial score (nSPS) is 11.6. The maximum atomic E-state index is 4.47. The third kappa shape index (κ3) is 3.28. The molecule has 1 N–H and O–H groups in total. The molecule has 0 radical (unpaired) electrons. The zero-order chi connectivity index (χ0) is 14.7. The highest BCUT2D eigenvalue weighted by molar-refractivity contribution is 7.22. The Morgan fingerprint density at radius 3 is 2.57 bits per heavy atom. The van der Waals surface area contributed by atoms with E-state index in [0.717, 1.165) is 20.9 Å². The number of fused-ring (bicyclic) bond motifs is 1. The van der Waals surface area contributed by atoms with Gasteiger partial charge in [-0.25, -0.2) is 4.98 Å². The van der Waals surface area contributed by atoms with Crippen LogP contribution >= 0.6 is 11.3 Å². The van der Waals surface area contributed by atoms with Crippen molar-refractivity contribution in [2.75, 3.05) is 5.43 Å². The number of hydrazone groups is 1. The van der Waals surface area contributed by atoms with Gasteiger partial charge in [-0.15, -0.1) is 0 Å². The molecule has 0 aliphatic heterocycles. The number of thiazole rings is 1. The number of hydrogen-bond donors (Lipinski definition) is 1. The van der Waals surface area contributed by atoms with Crippen LogP contribution in [0.3, 0.4) is 0 Å². The fraction of sp³-hybridized carbons (Fsp3) is 0.176. The summed E-state index contributed by atoms with van der Waals surface area (Å²) in [6.45, 7) is 4.38. The summed E-state index contributed by atoms with van der Waals surface area (Å²) in [5.74, 6) is 0.553. The first-order chi connectivity index (χ1) is 10.2. The van der Waals surface area contributed by atoms with Gasteiger partial charge >= 0.3 is 0 Å². The van der Waals surface area contributed by atoms with Crippen molar-refractivity contribution < 1.29 is 0 Å². The van der Waals surface area contributed by atoms with Gasteiger partial charge < -0.3 is 0 Å². The predicted octanol–water partition coefficient (Wildman–Crippen LogP) is 4.87. The Labute approximate surface area is 128 Å². The zero-order valence-electron chi connectivity index (χ0n) is 12.1. The fourth-order valence-corrected chi connectivity index (χ4v) is 2.86. The van der Waals surface area contributed by atoms with Crippen LogP contribution in [-0.2, 0) is 0 Å². The fourth-order valence-electron chi connectivity index (χ4n) is 2.05. The van der Waals surface area contributed by atoms with Crippen LogP contribution in [0.25, 0.3) is 10.2 Å². The van der Waals surface area contributed by atoms with E-state index < -0.39 is 0 Å². The zero-order valence-corrected chi connectivity index (χ0v) is 12.9. The second-order valence-electron chi connectivity index (χ2n) is 5.18. The van der Waals surface area contributed by atoms with Crippen molar-refractivity contribution in [1.29, 1.82) is 0 Å². The molecule has 4 heteroatoms. The Morgan fingerprint density at radius 1 is 1.10 bits per heavy atom. The number of nitrogens with one attached hydrogen (secondary N) is 1. The van der Waals surface area contributed by atoms with Gasteiger partial charge in [-0.3, -0.25) is 5.43 Å². The molecule has 1 heterocycles. The van der Waals surface area contributed by atoms with Gasteiger partial charge in [0.25, 0.3) is 0 Å². The largest absolute Gasteiger partial charge is 0.253 e. The lowest BCUT2D eigenvalue weighted by atomic mass is 10.0. The molecule has 106 valence electrons. The first kappa shape index (κ1) is 13.8. The van der Waals surface area contributed by atoms with Gasteiger partial charge in [-0.05, 0) is 29.2 Å². The van der Waals surface area contributed by atoms with Crippen LogP contribution in [0.2, 0.25) is 0 Å². The number of para-hydroxylation sites is 1. The lowest BCUT2D eigenvalue weighted by molar-refractivity contribution is 0.866. The van der Waals surface area contributed by atoms with Gasteiger partial charge in [0.1, 0.15) is 0 Å². The Bertz CT molecular complexity index is 724. The van der Waals surface area contributed by atoms with E-state index in [1.807, 2.05) is 24.4 Å². The van der Waals surface area contributed by atoms with Crippen LogP contribution in [0.4, 0.5) is 5.13 Å². The molecule has 0 aliphatic rings. The molecule has 3 aromatic rings. The standard InChI is InChI=1S/C17H17N3S/c1-12(2)14-9-7-13(8-10-14)11-18-20-17-19-15-5-3-4-6-16(15)21-17/h3-12H,1-2H3,(H,19,20)/b18-11-. The summed E-state index contributed by atoms with van der Waals surface area (Å²) >= 11 is 1.60. The van der Waals surface area contributed by atoms with Gasteiger partial charge in [0.2, 0.25) is 5.13 Å². The summed E-state index contributed by atoms with van der Waals surface area (Å²) in [4.78, 5) is 4.47. The number of aromatic nitrogens is 1. The van der Waals surface area contributed by atoms with Gasteiger partial charge in [0.05, 0.1) is 16.4 Å². The van der Waals surface area contributed by atoms with E-state index in [0.29, 0.717) is 5.92 Å². The van der Waals surface area contributed by atoms with Gasteiger partial charge in [-0.1, -0.05) is 61.6 Å². The molecule has 3 rings (SSSR count). The molecule has 0 aliphatic carbocycles. The first-order valence-electron chi connectivity index (χ1n) is 6.97.